The van der Waals surface area contributed by atoms with Gasteiger partial charge in [0.25, 0.3) is 0 Å². The summed E-state index contributed by atoms with van der Waals surface area (Å²) in [5.41, 5.74) is 8.02. The number of alkyl carbamates (subject to hydrolysis) is 1. The van der Waals surface area contributed by atoms with E-state index in [1.165, 1.54) is 19.3 Å². The van der Waals surface area contributed by atoms with Gasteiger partial charge in [0, 0.05) is 30.9 Å². The van der Waals surface area contributed by atoms with Crippen molar-refractivity contribution >= 4 is 12.0 Å². The molecule has 9 heteroatoms. The fourth-order valence-corrected chi connectivity index (χ4v) is 8.59. The van der Waals surface area contributed by atoms with Crippen molar-refractivity contribution in [1.82, 2.24) is 20.8 Å². The van der Waals surface area contributed by atoms with E-state index in [2.05, 4.69) is 88.4 Å². The summed E-state index contributed by atoms with van der Waals surface area (Å²) in [5, 5.41) is 10.2. The summed E-state index contributed by atoms with van der Waals surface area (Å²) in [6, 6.07) is 53.4. The minimum atomic E-state index is -0.996. The van der Waals surface area contributed by atoms with E-state index in [9.17, 15) is 9.59 Å². The molecule has 9 nitrogen and oxygen atoms in total. The molecule has 320 valence electrons. The number of hydrogen-bond donors (Lipinski definition) is 2. The Balaban J connectivity index is 0.980. The van der Waals surface area contributed by atoms with Gasteiger partial charge in [0.1, 0.15) is 18.2 Å². The molecule has 7 aromatic rings. The van der Waals surface area contributed by atoms with Crippen molar-refractivity contribution in [3.63, 3.8) is 0 Å². The van der Waals surface area contributed by atoms with Gasteiger partial charge in [-0.25, -0.2) is 4.79 Å². The maximum absolute atomic E-state index is 14.2. The fraction of sp³-hybridized carbons (Fsp3) is 0.259. The molecular weight excluding hydrogens is 785 g/mol. The van der Waals surface area contributed by atoms with E-state index in [0.717, 1.165) is 69.3 Å². The summed E-state index contributed by atoms with van der Waals surface area (Å²) in [7, 11) is 0. The molecule has 6 aromatic carbocycles. The van der Waals surface area contributed by atoms with Crippen molar-refractivity contribution < 1.29 is 23.6 Å². The number of rotatable bonds is 20. The molecule has 0 radical (unpaired) electrons. The van der Waals surface area contributed by atoms with Gasteiger partial charge in [0.05, 0.1) is 6.61 Å². The molecular formula is C54H54N4O5. The molecule has 1 aliphatic rings. The third-order valence-electron chi connectivity index (χ3n) is 11.9. The first-order valence-electron chi connectivity index (χ1n) is 22.1. The van der Waals surface area contributed by atoms with Crippen molar-refractivity contribution in [2.75, 3.05) is 13.2 Å². The zero-order valence-corrected chi connectivity index (χ0v) is 35.7. The second kappa shape index (κ2) is 20.8. The third kappa shape index (κ3) is 10.1. The summed E-state index contributed by atoms with van der Waals surface area (Å²) in [6.45, 7) is 2.69. The van der Waals surface area contributed by atoms with Crippen LogP contribution in [0.2, 0.25) is 0 Å². The van der Waals surface area contributed by atoms with E-state index in [1.54, 1.807) is 0 Å². The summed E-state index contributed by atoms with van der Waals surface area (Å²) in [5.74, 6) is 0.701. The number of fused-ring (bicyclic) bond motifs is 3. The topological polar surface area (TPSA) is 116 Å². The number of carbonyl (C=O) groups is 2. The normalized spacial score (nSPS) is 12.6. The Bertz CT molecular complexity index is 2400. The van der Waals surface area contributed by atoms with Crippen LogP contribution in [0, 0.1) is 0 Å². The van der Waals surface area contributed by atoms with E-state index in [-0.39, 0.29) is 38.0 Å². The smallest absolute Gasteiger partial charge is 0.407 e. The van der Waals surface area contributed by atoms with Crippen LogP contribution in [0.3, 0.4) is 0 Å². The minimum Gasteiger partial charge on any atom is -0.449 e. The molecule has 0 bridgehead atoms. The van der Waals surface area contributed by atoms with Gasteiger partial charge in [-0.05, 0) is 50.9 Å². The van der Waals surface area contributed by atoms with Crippen LogP contribution in [0.25, 0.3) is 22.5 Å². The van der Waals surface area contributed by atoms with Gasteiger partial charge in [-0.2, -0.15) is 4.98 Å². The number of benzene rings is 6. The predicted molar refractivity (Wildman–Crippen MR) is 246 cm³/mol. The Morgan fingerprint density at radius 1 is 0.683 bits per heavy atom. The maximum atomic E-state index is 14.2. The minimum absolute atomic E-state index is 0.122. The van der Waals surface area contributed by atoms with Crippen molar-refractivity contribution in [3.8, 4) is 22.5 Å². The average Bonchev–Trinajstić information content (AvgIpc) is 3.95. The molecule has 0 saturated carbocycles. The molecule has 1 aromatic heterocycles. The lowest BCUT2D eigenvalue weighted by Gasteiger charge is -2.36. The standard InChI is InChI=1S/C54H54N4O5/c1-2-3-4-5-15-30-50-57-51(58-63-50)40-33-31-39(32-34-40)37-55-52(59)49(56-53(60)61-38-48-46-28-18-16-26-44(46)45-27-17-19-29-47(45)48)35-36-62-54(41-20-9-6-10-21-41,42-22-11-7-12-23-42)43-24-13-8-14-25-43/h6-14,16-29,31-34,48-49H,2-5,15,30,35-38H2,1H3,(H,55,59)(H,56,60). The lowest BCUT2D eigenvalue weighted by atomic mass is 9.80. The zero-order valence-electron chi connectivity index (χ0n) is 35.7. The van der Waals surface area contributed by atoms with E-state index in [1.807, 2.05) is 103 Å². The number of nitrogens with zero attached hydrogens (tertiary/aromatic N) is 2. The number of aromatic nitrogens is 2. The number of nitrogens with one attached hydrogen (secondary N) is 2. The van der Waals surface area contributed by atoms with Crippen molar-refractivity contribution in [1.29, 1.82) is 0 Å². The fourth-order valence-electron chi connectivity index (χ4n) is 8.59. The molecule has 2 N–H and O–H groups in total. The van der Waals surface area contributed by atoms with Crippen molar-refractivity contribution in [2.45, 2.75) is 76.0 Å². The van der Waals surface area contributed by atoms with Crippen molar-refractivity contribution in [3.05, 3.63) is 203 Å². The molecule has 1 aliphatic carbocycles. The molecule has 0 fully saturated rings. The van der Waals surface area contributed by atoms with Crippen LogP contribution in [0.15, 0.2) is 168 Å². The van der Waals surface area contributed by atoms with Crippen LogP contribution in [0.4, 0.5) is 4.79 Å². The first-order valence-corrected chi connectivity index (χ1v) is 22.1. The van der Waals surface area contributed by atoms with Gasteiger partial charge in [-0.15, -0.1) is 0 Å². The SMILES string of the molecule is CCCCCCCc1nc(-c2ccc(CNC(=O)C(CCOC(c3ccccc3)(c3ccccc3)c3ccccc3)NC(=O)OCC3c4ccccc4-c4ccccc43)cc2)no1. The number of ether oxygens (including phenoxy) is 2. The van der Waals surface area contributed by atoms with Crippen LogP contribution in [0.1, 0.15) is 90.6 Å². The molecule has 8 rings (SSSR count). The highest BCUT2D eigenvalue weighted by atomic mass is 16.5. The van der Waals surface area contributed by atoms with Gasteiger partial charge in [-0.1, -0.05) is 202 Å². The molecule has 63 heavy (non-hydrogen) atoms. The Morgan fingerprint density at radius 3 is 1.83 bits per heavy atom. The Hall–Kier alpha value is -6.84. The Labute approximate surface area is 369 Å². The molecule has 1 atom stereocenters. The molecule has 1 unspecified atom stereocenters. The second-order valence-corrected chi connectivity index (χ2v) is 16.0. The van der Waals surface area contributed by atoms with Crippen LogP contribution < -0.4 is 10.6 Å². The number of carbonyl (C=O) groups excluding carboxylic acids is 2. The highest BCUT2D eigenvalue weighted by Crippen LogP contribution is 2.45. The lowest BCUT2D eigenvalue weighted by Crippen LogP contribution is -2.48. The van der Waals surface area contributed by atoms with Crippen LogP contribution in [-0.4, -0.2) is 41.4 Å². The Morgan fingerprint density at radius 2 is 1.24 bits per heavy atom. The number of amides is 2. The average molecular weight is 839 g/mol. The molecule has 0 aliphatic heterocycles. The van der Waals surface area contributed by atoms with E-state index in [0.29, 0.717) is 11.7 Å². The van der Waals surface area contributed by atoms with Gasteiger partial charge in [-0.3, -0.25) is 4.79 Å². The highest BCUT2D eigenvalue weighted by molar-refractivity contribution is 5.85. The van der Waals surface area contributed by atoms with E-state index >= 15 is 0 Å². The predicted octanol–water partition coefficient (Wildman–Crippen LogP) is 11.2. The maximum Gasteiger partial charge on any atom is 0.407 e. The van der Waals surface area contributed by atoms with Crippen LogP contribution in [0.5, 0.6) is 0 Å². The second-order valence-electron chi connectivity index (χ2n) is 16.0. The first kappa shape index (κ1) is 42.8. The summed E-state index contributed by atoms with van der Waals surface area (Å²) >= 11 is 0. The monoisotopic (exact) mass is 838 g/mol. The van der Waals surface area contributed by atoms with Gasteiger partial charge < -0.3 is 24.6 Å². The van der Waals surface area contributed by atoms with E-state index < -0.39 is 17.7 Å². The number of unbranched alkanes of at least 4 members (excludes halogenated alkanes) is 4. The quantitative estimate of drug-likeness (QED) is 0.0580. The van der Waals surface area contributed by atoms with Crippen LogP contribution in [-0.2, 0) is 32.8 Å². The van der Waals surface area contributed by atoms with Crippen LogP contribution >= 0.6 is 0 Å². The Kier molecular flexibility index (Phi) is 14.2. The lowest BCUT2D eigenvalue weighted by molar-refractivity contribution is -0.124. The largest absolute Gasteiger partial charge is 0.449 e. The zero-order chi connectivity index (χ0) is 43.3. The van der Waals surface area contributed by atoms with Gasteiger partial charge >= 0.3 is 6.09 Å². The summed E-state index contributed by atoms with van der Waals surface area (Å²) in [6.07, 6.45) is 6.09. The van der Waals surface area contributed by atoms with Crippen molar-refractivity contribution in [2.24, 2.45) is 0 Å². The van der Waals surface area contributed by atoms with E-state index in [4.69, 9.17) is 14.0 Å². The molecule has 1 heterocycles. The highest BCUT2D eigenvalue weighted by Gasteiger charge is 2.38. The molecule has 0 spiro atoms. The molecule has 0 saturated heterocycles. The molecule has 2 amide bonds. The summed E-state index contributed by atoms with van der Waals surface area (Å²) in [4.78, 5) is 32.5. The number of aryl methyl sites for hydroxylation is 1. The number of hydrogen-bond acceptors (Lipinski definition) is 7. The van der Waals surface area contributed by atoms with Gasteiger partial charge in [0.2, 0.25) is 17.6 Å². The summed E-state index contributed by atoms with van der Waals surface area (Å²) < 4.78 is 18.5. The van der Waals surface area contributed by atoms with Gasteiger partial charge in [0.15, 0.2) is 0 Å². The third-order valence-corrected chi connectivity index (χ3v) is 11.9. The first-order chi connectivity index (χ1) is 31.0.